The SMILES string of the molecule is Cc1ccccc1-c1noc(-c2ccccc2CC#N)n1. The van der Waals surface area contributed by atoms with Gasteiger partial charge in [-0.3, -0.25) is 0 Å². The van der Waals surface area contributed by atoms with Crippen molar-refractivity contribution in [3.05, 3.63) is 59.7 Å². The second-order valence-corrected chi connectivity index (χ2v) is 4.73. The van der Waals surface area contributed by atoms with Crippen LogP contribution in [0.25, 0.3) is 22.8 Å². The molecule has 0 N–H and O–H groups in total. The number of hydrogen-bond acceptors (Lipinski definition) is 4. The van der Waals surface area contributed by atoms with Crippen LogP contribution in [0.3, 0.4) is 0 Å². The van der Waals surface area contributed by atoms with Crippen LogP contribution in [0.1, 0.15) is 11.1 Å². The Balaban J connectivity index is 2.04. The molecule has 1 heterocycles. The first-order valence-electron chi connectivity index (χ1n) is 6.64. The van der Waals surface area contributed by atoms with Gasteiger partial charge in [-0.15, -0.1) is 0 Å². The van der Waals surface area contributed by atoms with E-state index in [9.17, 15) is 0 Å². The smallest absolute Gasteiger partial charge is 0.258 e. The molecule has 4 nitrogen and oxygen atoms in total. The van der Waals surface area contributed by atoms with E-state index in [2.05, 4.69) is 16.2 Å². The molecule has 0 aliphatic rings. The molecule has 0 bridgehead atoms. The van der Waals surface area contributed by atoms with Crippen LogP contribution in [0.2, 0.25) is 0 Å². The van der Waals surface area contributed by atoms with Crippen LogP contribution in [0.5, 0.6) is 0 Å². The van der Waals surface area contributed by atoms with Gasteiger partial charge in [0.05, 0.1) is 12.5 Å². The third-order valence-corrected chi connectivity index (χ3v) is 3.33. The number of nitriles is 1. The van der Waals surface area contributed by atoms with E-state index in [0.717, 1.165) is 22.3 Å². The Morgan fingerprint density at radius 2 is 1.76 bits per heavy atom. The molecule has 4 heteroatoms. The maximum Gasteiger partial charge on any atom is 0.258 e. The summed E-state index contributed by atoms with van der Waals surface area (Å²) in [4.78, 5) is 4.47. The molecule has 3 aromatic rings. The zero-order chi connectivity index (χ0) is 14.7. The number of aromatic nitrogens is 2. The van der Waals surface area contributed by atoms with Crippen molar-refractivity contribution in [2.45, 2.75) is 13.3 Å². The van der Waals surface area contributed by atoms with Crippen LogP contribution >= 0.6 is 0 Å². The largest absolute Gasteiger partial charge is 0.334 e. The van der Waals surface area contributed by atoms with E-state index >= 15 is 0 Å². The van der Waals surface area contributed by atoms with Crippen molar-refractivity contribution in [3.63, 3.8) is 0 Å². The second kappa shape index (κ2) is 5.59. The maximum atomic E-state index is 8.89. The minimum Gasteiger partial charge on any atom is -0.334 e. The molecule has 0 aliphatic carbocycles. The topological polar surface area (TPSA) is 62.7 Å². The van der Waals surface area contributed by atoms with Crippen molar-refractivity contribution in [2.75, 3.05) is 0 Å². The Hall–Kier alpha value is -2.93. The summed E-state index contributed by atoms with van der Waals surface area (Å²) in [5.74, 6) is 1.01. The fraction of sp³-hybridized carbons (Fsp3) is 0.118. The van der Waals surface area contributed by atoms with Crippen molar-refractivity contribution in [2.24, 2.45) is 0 Å². The molecule has 102 valence electrons. The van der Waals surface area contributed by atoms with Crippen molar-refractivity contribution >= 4 is 0 Å². The highest BCUT2D eigenvalue weighted by Gasteiger charge is 2.14. The van der Waals surface area contributed by atoms with E-state index in [1.807, 2.05) is 55.5 Å². The van der Waals surface area contributed by atoms with E-state index in [0.29, 0.717) is 18.1 Å². The molecule has 0 aliphatic heterocycles. The normalized spacial score (nSPS) is 10.3. The van der Waals surface area contributed by atoms with Gasteiger partial charge in [0.2, 0.25) is 5.82 Å². The van der Waals surface area contributed by atoms with Crippen molar-refractivity contribution in [3.8, 4) is 28.9 Å². The predicted octanol–water partition coefficient (Wildman–Crippen LogP) is 3.78. The van der Waals surface area contributed by atoms with E-state index < -0.39 is 0 Å². The summed E-state index contributed by atoms with van der Waals surface area (Å²) in [7, 11) is 0. The number of benzene rings is 2. The van der Waals surface area contributed by atoms with E-state index in [1.165, 1.54) is 0 Å². The lowest BCUT2D eigenvalue weighted by atomic mass is 10.1. The van der Waals surface area contributed by atoms with E-state index in [1.54, 1.807) is 0 Å². The number of nitrogens with zero attached hydrogens (tertiary/aromatic N) is 3. The van der Waals surface area contributed by atoms with E-state index in [-0.39, 0.29) is 0 Å². The Morgan fingerprint density at radius 3 is 2.52 bits per heavy atom. The quantitative estimate of drug-likeness (QED) is 0.729. The zero-order valence-corrected chi connectivity index (χ0v) is 11.6. The fourth-order valence-electron chi connectivity index (χ4n) is 2.23. The van der Waals surface area contributed by atoms with Crippen LogP contribution in [0.4, 0.5) is 0 Å². The summed E-state index contributed by atoms with van der Waals surface area (Å²) in [6.45, 7) is 2.01. The maximum absolute atomic E-state index is 8.89. The molecule has 0 fully saturated rings. The van der Waals surface area contributed by atoms with Gasteiger partial charge >= 0.3 is 0 Å². The van der Waals surface area contributed by atoms with Gasteiger partial charge in [-0.2, -0.15) is 10.2 Å². The van der Waals surface area contributed by atoms with Crippen molar-refractivity contribution in [1.82, 2.24) is 10.1 Å². The van der Waals surface area contributed by atoms with Crippen LogP contribution in [-0.2, 0) is 6.42 Å². The van der Waals surface area contributed by atoms with Crippen LogP contribution in [-0.4, -0.2) is 10.1 Å². The summed E-state index contributed by atoms with van der Waals surface area (Å²) in [5, 5.41) is 12.9. The number of rotatable bonds is 3. The molecule has 0 saturated carbocycles. The molecule has 0 unspecified atom stereocenters. The van der Waals surface area contributed by atoms with E-state index in [4.69, 9.17) is 9.78 Å². The Morgan fingerprint density at radius 1 is 1.05 bits per heavy atom. The standard InChI is InChI=1S/C17H13N3O/c1-12-6-2-4-8-14(12)16-19-17(21-20-16)15-9-5-3-7-13(15)10-11-18/h2-9H,10H2,1H3. The molecule has 0 amide bonds. The highest BCUT2D eigenvalue weighted by Crippen LogP contribution is 2.26. The molecule has 0 saturated heterocycles. The minimum atomic E-state index is 0.318. The average Bonchev–Trinajstić information content (AvgIpc) is 2.98. The summed E-state index contributed by atoms with van der Waals surface area (Å²) in [5.41, 5.74) is 3.74. The lowest BCUT2D eigenvalue weighted by Gasteiger charge is -2.00. The third kappa shape index (κ3) is 2.54. The summed E-state index contributed by atoms with van der Waals surface area (Å²) >= 11 is 0. The van der Waals surface area contributed by atoms with Gasteiger partial charge in [-0.25, -0.2) is 0 Å². The molecule has 21 heavy (non-hydrogen) atoms. The van der Waals surface area contributed by atoms with Gasteiger partial charge in [0, 0.05) is 11.1 Å². The van der Waals surface area contributed by atoms with Crippen molar-refractivity contribution < 1.29 is 4.52 Å². The van der Waals surface area contributed by atoms with Gasteiger partial charge in [0.1, 0.15) is 0 Å². The Kier molecular flexibility index (Phi) is 3.48. The molecule has 0 spiro atoms. The van der Waals surface area contributed by atoms with Crippen LogP contribution < -0.4 is 0 Å². The molecule has 0 radical (unpaired) electrons. The molecular weight excluding hydrogens is 262 g/mol. The predicted molar refractivity (Wildman–Crippen MR) is 79.2 cm³/mol. The van der Waals surface area contributed by atoms with Crippen LogP contribution in [0, 0.1) is 18.3 Å². The summed E-state index contributed by atoms with van der Waals surface area (Å²) in [6, 6.07) is 17.6. The molecule has 3 rings (SSSR count). The zero-order valence-electron chi connectivity index (χ0n) is 11.6. The lowest BCUT2D eigenvalue weighted by molar-refractivity contribution is 0.432. The highest BCUT2D eigenvalue weighted by molar-refractivity contribution is 5.64. The molecular formula is C17H13N3O. The molecule has 2 aromatic carbocycles. The lowest BCUT2D eigenvalue weighted by Crippen LogP contribution is -1.89. The second-order valence-electron chi connectivity index (χ2n) is 4.73. The summed E-state index contributed by atoms with van der Waals surface area (Å²) in [6.07, 6.45) is 0.318. The van der Waals surface area contributed by atoms with Gasteiger partial charge in [-0.05, 0) is 24.1 Å². The van der Waals surface area contributed by atoms with Gasteiger partial charge in [0.15, 0.2) is 0 Å². The molecule has 1 aromatic heterocycles. The minimum absolute atomic E-state index is 0.318. The Labute approximate surface area is 122 Å². The third-order valence-electron chi connectivity index (χ3n) is 3.33. The highest BCUT2D eigenvalue weighted by atomic mass is 16.5. The first-order valence-corrected chi connectivity index (χ1v) is 6.64. The van der Waals surface area contributed by atoms with Gasteiger partial charge in [0.25, 0.3) is 5.89 Å². The van der Waals surface area contributed by atoms with Gasteiger partial charge in [-0.1, -0.05) is 47.6 Å². The monoisotopic (exact) mass is 275 g/mol. The van der Waals surface area contributed by atoms with Crippen LogP contribution in [0.15, 0.2) is 53.1 Å². The fourth-order valence-corrected chi connectivity index (χ4v) is 2.23. The first-order chi connectivity index (χ1) is 10.3. The van der Waals surface area contributed by atoms with Gasteiger partial charge < -0.3 is 4.52 Å². The Bertz CT molecular complexity index is 815. The number of aryl methyl sites for hydroxylation is 1. The first kappa shape index (κ1) is 13.1. The molecule has 0 atom stereocenters. The summed E-state index contributed by atoms with van der Waals surface area (Å²) < 4.78 is 5.38. The van der Waals surface area contributed by atoms with Crippen molar-refractivity contribution in [1.29, 1.82) is 5.26 Å². The average molecular weight is 275 g/mol. The number of hydrogen-bond donors (Lipinski definition) is 0.